The molecule has 7 aromatic carbocycles. The first-order valence-electron chi connectivity index (χ1n) is 27.5. The van der Waals surface area contributed by atoms with Gasteiger partial charge < -0.3 is 23.7 Å². The minimum absolute atomic E-state index is 0. The average molecular weight is 1210 g/mol. The molecule has 0 fully saturated rings. The molecule has 398 valence electrons. The van der Waals surface area contributed by atoms with Crippen LogP contribution >= 0.6 is 0 Å². The molecule has 0 N–H and O–H groups in total. The molecule has 12 rings (SSSR count). The second kappa shape index (κ2) is 19.4. The van der Waals surface area contributed by atoms with Crippen molar-refractivity contribution < 1.29 is 25.9 Å². The topological polar surface area (TPSA) is 59.2 Å². The van der Waals surface area contributed by atoms with Crippen LogP contribution in [0.2, 0.25) is 0 Å². The molecule has 0 saturated carbocycles. The van der Waals surface area contributed by atoms with Crippen LogP contribution in [0, 0.1) is 18.8 Å². The second-order valence-corrected chi connectivity index (χ2v) is 25.6. The third-order valence-electron chi connectivity index (χ3n) is 16.0. The van der Waals surface area contributed by atoms with E-state index in [0.717, 1.165) is 115 Å². The van der Waals surface area contributed by atoms with Gasteiger partial charge in [-0.05, 0) is 121 Å². The SMILES string of the molecule is CC(C)(C)c1ccc(-c2cc(C(C)(C)C)cc(-c3ccc(C(C)(C)C)cc3)c2N2[CH-]N(c3[c-]c(C(=O)c4[c-]c5c(cc4)c4ccccc4n5-c4cc(C(C)(C)C)ccn4)ccc3)c3cc4nc5n(c4cc32)CCCC5)cc1.[Pt]. The number of imidazole rings is 1. The predicted octanol–water partition coefficient (Wildman–Crippen LogP) is 17.6. The third kappa shape index (κ3) is 9.40. The summed E-state index contributed by atoms with van der Waals surface area (Å²) in [4.78, 5) is 29.8. The van der Waals surface area contributed by atoms with E-state index in [1.54, 1.807) is 0 Å². The van der Waals surface area contributed by atoms with E-state index in [-0.39, 0.29) is 48.5 Å². The Morgan fingerprint density at radius 2 is 1.17 bits per heavy atom. The molecule has 0 radical (unpaired) electrons. The van der Waals surface area contributed by atoms with Crippen LogP contribution in [0.1, 0.15) is 140 Å². The molecule has 0 spiro atoms. The third-order valence-corrected chi connectivity index (χ3v) is 16.0. The van der Waals surface area contributed by atoms with E-state index < -0.39 is 0 Å². The summed E-state index contributed by atoms with van der Waals surface area (Å²) in [5.41, 5.74) is 18.0. The fraction of sp³-hybridized carbons (Fsp3) is 0.286. The number of carbonyl (C=O) groups excluding carboxylic acids is 1. The number of aromatic nitrogens is 4. The van der Waals surface area contributed by atoms with Gasteiger partial charge in [0.05, 0.1) is 16.8 Å². The molecular weight excluding hydrogens is 1140 g/mol. The molecular formula is C70H69N6OPt-3. The van der Waals surface area contributed by atoms with Gasteiger partial charge in [-0.1, -0.05) is 161 Å². The largest absolute Gasteiger partial charge is 0.488 e. The van der Waals surface area contributed by atoms with E-state index in [4.69, 9.17) is 9.97 Å². The van der Waals surface area contributed by atoms with Crippen molar-refractivity contribution in [2.45, 2.75) is 131 Å². The fourth-order valence-electron chi connectivity index (χ4n) is 11.4. The maximum atomic E-state index is 15.1. The zero-order valence-corrected chi connectivity index (χ0v) is 49.4. The molecule has 2 aliphatic rings. The second-order valence-electron chi connectivity index (χ2n) is 25.6. The Morgan fingerprint density at radius 3 is 1.81 bits per heavy atom. The summed E-state index contributed by atoms with van der Waals surface area (Å²) < 4.78 is 4.57. The van der Waals surface area contributed by atoms with Gasteiger partial charge in [-0.25, -0.2) is 9.97 Å². The zero-order valence-electron chi connectivity index (χ0n) is 47.2. The van der Waals surface area contributed by atoms with Crippen LogP contribution in [0.25, 0.3) is 60.9 Å². The predicted molar refractivity (Wildman–Crippen MR) is 319 cm³/mol. The van der Waals surface area contributed by atoms with E-state index >= 15 is 4.79 Å². The summed E-state index contributed by atoms with van der Waals surface area (Å²) in [6, 6.07) is 57.6. The molecule has 0 aliphatic carbocycles. The monoisotopic (exact) mass is 1200 g/mol. The van der Waals surface area contributed by atoms with Crippen LogP contribution in [0.15, 0.2) is 146 Å². The van der Waals surface area contributed by atoms with Crippen LogP contribution in [0.5, 0.6) is 0 Å². The molecule has 5 heterocycles. The molecule has 10 aromatic rings. The van der Waals surface area contributed by atoms with Crippen LogP contribution in [0.4, 0.5) is 22.7 Å². The Balaban J connectivity index is 0.00000645. The van der Waals surface area contributed by atoms with Gasteiger partial charge in [0.1, 0.15) is 11.6 Å². The maximum absolute atomic E-state index is 15.1. The molecule has 7 nitrogen and oxygen atoms in total. The van der Waals surface area contributed by atoms with Crippen molar-refractivity contribution in [3.8, 4) is 28.1 Å². The van der Waals surface area contributed by atoms with Crippen molar-refractivity contribution in [3.63, 3.8) is 0 Å². The Kier molecular flexibility index (Phi) is 13.2. The number of aryl methyl sites for hydroxylation is 2. The van der Waals surface area contributed by atoms with Gasteiger partial charge in [0.25, 0.3) is 0 Å². The van der Waals surface area contributed by atoms with Gasteiger partial charge in [-0.3, -0.25) is 0 Å². The van der Waals surface area contributed by atoms with E-state index in [2.05, 4.69) is 242 Å². The summed E-state index contributed by atoms with van der Waals surface area (Å²) >= 11 is 0. The van der Waals surface area contributed by atoms with E-state index in [1.807, 2.05) is 24.4 Å². The molecule has 3 aromatic heterocycles. The van der Waals surface area contributed by atoms with Crippen molar-refractivity contribution in [3.05, 3.63) is 204 Å². The number of hydrogen-bond acceptors (Lipinski definition) is 5. The Labute approximate surface area is 475 Å². The average Bonchev–Trinajstić information content (AvgIpc) is 4.16. The first-order valence-corrected chi connectivity index (χ1v) is 27.5. The summed E-state index contributed by atoms with van der Waals surface area (Å²) in [7, 11) is 0. The van der Waals surface area contributed by atoms with Crippen LogP contribution in [0.3, 0.4) is 0 Å². The van der Waals surface area contributed by atoms with Crippen molar-refractivity contribution in [1.82, 2.24) is 19.1 Å². The minimum Gasteiger partial charge on any atom is -0.488 e. The molecule has 8 heteroatoms. The van der Waals surface area contributed by atoms with Gasteiger partial charge in [0.15, 0.2) is 0 Å². The van der Waals surface area contributed by atoms with E-state index in [9.17, 15) is 0 Å². The number of para-hydroxylation sites is 1. The quantitative estimate of drug-likeness (QED) is 0.118. The van der Waals surface area contributed by atoms with Crippen molar-refractivity contribution in [2.24, 2.45) is 0 Å². The summed E-state index contributed by atoms with van der Waals surface area (Å²) in [6.45, 7) is 30.4. The van der Waals surface area contributed by atoms with Gasteiger partial charge in [0, 0.05) is 73.9 Å². The van der Waals surface area contributed by atoms with Crippen molar-refractivity contribution in [2.75, 3.05) is 9.80 Å². The summed E-state index contributed by atoms with van der Waals surface area (Å²) in [6.07, 6.45) is 5.09. The molecule has 0 bridgehead atoms. The number of carbonyl (C=O) groups is 1. The van der Waals surface area contributed by atoms with Crippen LogP contribution in [-0.2, 0) is 55.7 Å². The first kappa shape index (κ1) is 52.9. The normalized spacial score (nSPS) is 14.1. The molecule has 0 unspecified atom stereocenters. The van der Waals surface area contributed by atoms with Crippen LogP contribution in [-0.4, -0.2) is 24.9 Å². The Hall–Kier alpha value is -7.08. The summed E-state index contributed by atoms with van der Waals surface area (Å²) in [5.74, 6) is 1.77. The number of rotatable bonds is 7. The molecule has 0 saturated heterocycles. The Morgan fingerprint density at radius 1 is 0.551 bits per heavy atom. The minimum atomic E-state index is -0.157. The maximum Gasteiger partial charge on any atom is 0.136 e. The summed E-state index contributed by atoms with van der Waals surface area (Å²) in [5, 5.41) is 2.09. The molecule has 78 heavy (non-hydrogen) atoms. The molecule has 0 amide bonds. The molecule has 0 atom stereocenters. The van der Waals surface area contributed by atoms with E-state index in [1.165, 1.54) is 22.3 Å². The van der Waals surface area contributed by atoms with Crippen molar-refractivity contribution in [1.29, 1.82) is 0 Å². The number of benzene rings is 7. The van der Waals surface area contributed by atoms with Gasteiger partial charge >= 0.3 is 0 Å². The first-order chi connectivity index (χ1) is 36.6. The number of fused-ring (bicyclic) bond motifs is 7. The number of anilines is 4. The standard InChI is InChI=1S/C70H69N6O.Pt/c1-67(2,3)48-28-23-44(24-29-48)55-38-51(70(10,11)12)39-56(45-25-30-49(31-26-45)68(4,5)6)65(55)75-43-74(61-41-57-60(42-62(61)75)73-35-16-15-22-63(73)72-57)52-19-17-18-46(36-52)66(77)47-27-32-54-53-20-13-14-21-58(53)76(59(54)37-47)64-40-50(33-34-71-64)69(7,8)9;/h13-14,17-21,23-34,38-43H,15-16,22,35H2,1-12H3;/q-3;. The molecule has 2 aliphatic heterocycles. The van der Waals surface area contributed by atoms with Crippen molar-refractivity contribution >= 4 is 61.4 Å². The smallest absolute Gasteiger partial charge is 0.136 e. The zero-order chi connectivity index (χ0) is 53.9. The Bertz CT molecular complexity index is 3880. The number of hydrogen-bond donors (Lipinski definition) is 0. The number of nitrogens with zero attached hydrogens (tertiary/aromatic N) is 6. The number of ketones is 1. The van der Waals surface area contributed by atoms with Crippen LogP contribution < -0.4 is 9.80 Å². The number of pyridine rings is 1. The van der Waals surface area contributed by atoms with E-state index in [0.29, 0.717) is 11.1 Å². The van der Waals surface area contributed by atoms with Gasteiger partial charge in [-0.2, -0.15) is 0 Å². The van der Waals surface area contributed by atoms with Gasteiger partial charge in [-0.15, -0.1) is 60.3 Å². The fourth-order valence-corrected chi connectivity index (χ4v) is 11.4. The van der Waals surface area contributed by atoms with Gasteiger partial charge in [0.2, 0.25) is 0 Å².